The van der Waals surface area contributed by atoms with E-state index in [4.69, 9.17) is 12.2 Å². The van der Waals surface area contributed by atoms with Gasteiger partial charge in [0.1, 0.15) is 0 Å². The lowest BCUT2D eigenvalue weighted by Crippen LogP contribution is -2.35. The Morgan fingerprint density at radius 1 is 0.967 bits per heavy atom. The van der Waals surface area contributed by atoms with Crippen LogP contribution in [0.3, 0.4) is 0 Å². The predicted octanol–water partition coefficient (Wildman–Crippen LogP) is 5.66. The molecule has 0 unspecified atom stereocenters. The molecule has 2 aromatic rings. The van der Waals surface area contributed by atoms with Crippen LogP contribution < -0.4 is 10.6 Å². The van der Waals surface area contributed by atoms with E-state index in [-0.39, 0.29) is 17.4 Å². The van der Waals surface area contributed by atoms with Crippen molar-refractivity contribution in [3.05, 3.63) is 65.2 Å². The van der Waals surface area contributed by atoms with Crippen LogP contribution in [0.4, 0.5) is 5.69 Å². The van der Waals surface area contributed by atoms with Crippen molar-refractivity contribution in [2.24, 2.45) is 0 Å². The van der Waals surface area contributed by atoms with E-state index in [1.165, 1.54) is 17.5 Å². The number of amides is 1. The highest BCUT2D eigenvalue weighted by Crippen LogP contribution is 2.24. The minimum absolute atomic E-state index is 0.0963. The molecular formula is C25H33N3OS. The summed E-state index contributed by atoms with van der Waals surface area (Å²) in [4.78, 5) is 14.5. The van der Waals surface area contributed by atoms with Gasteiger partial charge in [-0.3, -0.25) is 4.79 Å². The maximum absolute atomic E-state index is 12.6. The number of carbonyl (C=O) groups is 1. The normalized spacial score (nSPS) is 15.4. The van der Waals surface area contributed by atoms with Crippen molar-refractivity contribution < 1.29 is 4.79 Å². The van der Waals surface area contributed by atoms with Crippen LogP contribution in [0.5, 0.6) is 0 Å². The summed E-state index contributed by atoms with van der Waals surface area (Å²) >= 11 is 5.49. The molecule has 4 nitrogen and oxygen atoms in total. The quantitative estimate of drug-likeness (QED) is 0.623. The first kappa shape index (κ1) is 22.3. The molecule has 2 aromatic carbocycles. The standard InChI is InChI=1S/C25H33N3OS/c1-18(19-8-12-21(13-9-19)25(2,3)4)26-24(30)27-22-14-10-20(11-15-22)23(29)28-16-6-5-7-17-28/h8-15,18H,5-7,16-17H2,1-4H3,(H2,26,27,30)/t18-/m1/s1. The van der Waals surface area contributed by atoms with Crippen LogP contribution in [0.2, 0.25) is 0 Å². The van der Waals surface area contributed by atoms with Gasteiger partial charge in [0, 0.05) is 24.3 Å². The molecule has 1 aliphatic heterocycles. The van der Waals surface area contributed by atoms with Gasteiger partial charge < -0.3 is 15.5 Å². The molecule has 1 atom stereocenters. The van der Waals surface area contributed by atoms with Crippen LogP contribution >= 0.6 is 12.2 Å². The SMILES string of the molecule is C[C@@H](NC(=S)Nc1ccc(C(=O)N2CCCCC2)cc1)c1ccc(C(C)(C)C)cc1. The van der Waals surface area contributed by atoms with Gasteiger partial charge in [-0.05, 0) is 79.2 Å². The number of carbonyl (C=O) groups excluding carboxylic acids is 1. The second-order valence-electron chi connectivity index (χ2n) is 9.12. The Morgan fingerprint density at radius 3 is 2.13 bits per heavy atom. The second-order valence-corrected chi connectivity index (χ2v) is 9.53. The van der Waals surface area contributed by atoms with Gasteiger partial charge in [-0.2, -0.15) is 0 Å². The first-order valence-electron chi connectivity index (χ1n) is 10.8. The molecule has 1 fully saturated rings. The molecule has 0 radical (unpaired) electrons. The maximum atomic E-state index is 12.6. The summed E-state index contributed by atoms with van der Waals surface area (Å²) in [6.07, 6.45) is 3.42. The summed E-state index contributed by atoms with van der Waals surface area (Å²) in [6, 6.07) is 16.3. The average Bonchev–Trinajstić information content (AvgIpc) is 2.74. The van der Waals surface area contributed by atoms with Gasteiger partial charge in [-0.15, -0.1) is 0 Å². The number of nitrogens with zero attached hydrogens (tertiary/aromatic N) is 1. The van der Waals surface area contributed by atoms with E-state index in [2.05, 4.69) is 62.6 Å². The zero-order chi connectivity index (χ0) is 21.7. The number of anilines is 1. The first-order valence-corrected chi connectivity index (χ1v) is 11.2. The molecule has 160 valence electrons. The van der Waals surface area contributed by atoms with Crippen LogP contribution in [-0.2, 0) is 5.41 Å². The molecule has 0 spiro atoms. The van der Waals surface area contributed by atoms with Crippen LogP contribution in [0.1, 0.15) is 74.5 Å². The number of benzene rings is 2. The molecule has 30 heavy (non-hydrogen) atoms. The Labute approximate surface area is 186 Å². The van der Waals surface area contributed by atoms with Crippen molar-refractivity contribution in [2.45, 2.75) is 58.4 Å². The zero-order valence-corrected chi connectivity index (χ0v) is 19.3. The lowest BCUT2D eigenvalue weighted by Gasteiger charge is -2.26. The molecule has 1 heterocycles. The fourth-order valence-electron chi connectivity index (χ4n) is 3.69. The zero-order valence-electron chi connectivity index (χ0n) is 18.5. The number of nitrogens with one attached hydrogen (secondary N) is 2. The molecule has 0 aliphatic carbocycles. The van der Waals surface area contributed by atoms with Crippen molar-refractivity contribution in [3.63, 3.8) is 0 Å². The van der Waals surface area contributed by atoms with Crippen molar-refractivity contribution >= 4 is 28.9 Å². The second kappa shape index (κ2) is 9.61. The van der Waals surface area contributed by atoms with Crippen molar-refractivity contribution in [2.75, 3.05) is 18.4 Å². The van der Waals surface area contributed by atoms with E-state index in [1.807, 2.05) is 29.2 Å². The minimum Gasteiger partial charge on any atom is -0.356 e. The first-order chi connectivity index (χ1) is 14.2. The lowest BCUT2D eigenvalue weighted by molar-refractivity contribution is 0.0724. The van der Waals surface area contributed by atoms with Gasteiger partial charge in [0.2, 0.25) is 0 Å². The Kier molecular flexibility index (Phi) is 7.14. The van der Waals surface area contributed by atoms with E-state index in [0.717, 1.165) is 37.2 Å². The monoisotopic (exact) mass is 423 g/mol. The third-order valence-corrected chi connectivity index (χ3v) is 5.88. The summed E-state index contributed by atoms with van der Waals surface area (Å²) in [5.74, 6) is 0.120. The number of likely N-dealkylation sites (tertiary alicyclic amines) is 1. The van der Waals surface area contributed by atoms with Gasteiger partial charge in [-0.1, -0.05) is 45.0 Å². The van der Waals surface area contributed by atoms with E-state index in [0.29, 0.717) is 5.11 Å². The van der Waals surface area contributed by atoms with Crippen molar-refractivity contribution in [3.8, 4) is 0 Å². The number of rotatable bonds is 4. The third kappa shape index (κ3) is 5.82. The highest BCUT2D eigenvalue weighted by Gasteiger charge is 2.18. The van der Waals surface area contributed by atoms with Gasteiger partial charge >= 0.3 is 0 Å². The Balaban J connectivity index is 1.54. The number of hydrogen-bond donors (Lipinski definition) is 2. The smallest absolute Gasteiger partial charge is 0.253 e. The molecule has 3 rings (SSSR count). The molecule has 1 amide bonds. The van der Waals surface area contributed by atoms with E-state index in [9.17, 15) is 4.79 Å². The van der Waals surface area contributed by atoms with Gasteiger partial charge in [0.15, 0.2) is 5.11 Å². The number of piperidine rings is 1. The fourth-order valence-corrected chi connectivity index (χ4v) is 3.99. The average molecular weight is 424 g/mol. The van der Waals surface area contributed by atoms with Crippen LogP contribution in [0.15, 0.2) is 48.5 Å². The van der Waals surface area contributed by atoms with Crippen molar-refractivity contribution in [1.29, 1.82) is 0 Å². The molecular weight excluding hydrogens is 390 g/mol. The topological polar surface area (TPSA) is 44.4 Å². The Bertz CT molecular complexity index is 863. The highest BCUT2D eigenvalue weighted by molar-refractivity contribution is 7.80. The summed E-state index contributed by atoms with van der Waals surface area (Å²) in [5, 5.41) is 7.12. The Morgan fingerprint density at radius 2 is 1.57 bits per heavy atom. The van der Waals surface area contributed by atoms with Gasteiger partial charge in [0.25, 0.3) is 5.91 Å². The predicted molar refractivity (Wildman–Crippen MR) is 129 cm³/mol. The number of thiocarbonyl (C=S) groups is 1. The minimum atomic E-state index is 0.0963. The van der Waals surface area contributed by atoms with Gasteiger partial charge in [-0.25, -0.2) is 0 Å². The van der Waals surface area contributed by atoms with E-state index >= 15 is 0 Å². The van der Waals surface area contributed by atoms with Crippen LogP contribution in [0, 0.1) is 0 Å². The molecule has 0 bridgehead atoms. The summed E-state index contributed by atoms with van der Waals surface area (Å²) < 4.78 is 0. The van der Waals surface area contributed by atoms with Crippen LogP contribution in [-0.4, -0.2) is 29.0 Å². The molecule has 0 aromatic heterocycles. The van der Waals surface area contributed by atoms with E-state index in [1.54, 1.807) is 0 Å². The summed E-state index contributed by atoms with van der Waals surface area (Å²) in [6.45, 7) is 10.5. The van der Waals surface area contributed by atoms with Gasteiger partial charge in [0.05, 0.1) is 6.04 Å². The summed E-state index contributed by atoms with van der Waals surface area (Å²) in [7, 11) is 0. The number of hydrogen-bond acceptors (Lipinski definition) is 2. The molecule has 1 aliphatic rings. The molecule has 1 saturated heterocycles. The summed E-state index contributed by atoms with van der Waals surface area (Å²) in [5.41, 5.74) is 4.26. The van der Waals surface area contributed by atoms with E-state index < -0.39 is 0 Å². The largest absolute Gasteiger partial charge is 0.356 e. The molecule has 5 heteroatoms. The van der Waals surface area contributed by atoms with Crippen molar-refractivity contribution in [1.82, 2.24) is 10.2 Å². The highest BCUT2D eigenvalue weighted by atomic mass is 32.1. The van der Waals surface area contributed by atoms with Crippen LogP contribution in [0.25, 0.3) is 0 Å². The lowest BCUT2D eigenvalue weighted by atomic mass is 9.86. The fraction of sp³-hybridized carbons (Fsp3) is 0.440. The molecule has 2 N–H and O–H groups in total. The molecule has 0 saturated carbocycles. The Hall–Kier alpha value is -2.40. The maximum Gasteiger partial charge on any atom is 0.253 e. The third-order valence-electron chi connectivity index (χ3n) is 5.66.